The van der Waals surface area contributed by atoms with Gasteiger partial charge in [-0.25, -0.2) is 11.1 Å². The quantitative estimate of drug-likeness (QED) is 0.00572. The summed E-state index contributed by atoms with van der Waals surface area (Å²) in [7, 11) is 0. The van der Waals surface area contributed by atoms with Gasteiger partial charge in [0.2, 0.25) is 0 Å². The fourth-order valence-corrected chi connectivity index (χ4v) is 8.07. The fourth-order valence-electron chi connectivity index (χ4n) is 8.07. The van der Waals surface area contributed by atoms with Crippen LogP contribution in [0.1, 0.15) is 189 Å². The standard InChI is InChI=1S/C56H98N10O7/c1-6-8-10-12-14-16-18-20-22-24-26-28-30-32-34-36-38-60-40-50(63-57)43-66(44-51(64-58)41-61-39-37-35-33-31-29-27-25-23-21-19-17-15-13-11-9-7-2)45-52(65-59)42-62-56-55(72-49(5)69)54(71-48(4)68)53(73-56)46-70-47(3)67/h14-17,20-23,40-42,53-58,60-62,65H,6-13,18-19,24-39,43-46,59H2,1-5H3/b16-14-,17-15-,22-20-,23-21-,50-40-,51-41-,52-42-,63-57?,64-58?/t53-,54?,55?,56-/m1/s1. The second kappa shape index (κ2) is 46.6. The van der Waals surface area contributed by atoms with Crippen LogP contribution >= 0.6 is 0 Å². The SMILES string of the molecule is CCCCC/C=C\C/C=C\CCCCCCCCN/C=C(/CN(C/C(=C/NCCCCCCCC/C=C\C/C=C\CCCCC)N=N)C/C(=C/N[C@@H]1O[C@H](COC(C)=O)C(OC(C)=O)C1OC(C)=O)NN)N=N. The second-order valence-corrected chi connectivity index (χ2v) is 18.7. The van der Waals surface area contributed by atoms with Crippen LogP contribution in [0.2, 0.25) is 0 Å². The molecule has 1 rings (SSSR count). The van der Waals surface area contributed by atoms with Gasteiger partial charge in [-0.15, -0.1) is 0 Å². The minimum atomic E-state index is -1.09. The van der Waals surface area contributed by atoms with Gasteiger partial charge in [-0.05, 0) is 77.0 Å². The van der Waals surface area contributed by atoms with Gasteiger partial charge in [-0.2, -0.15) is 10.2 Å². The Bertz CT molecular complexity index is 1620. The molecule has 0 aliphatic carbocycles. The van der Waals surface area contributed by atoms with Gasteiger partial charge >= 0.3 is 17.9 Å². The number of ether oxygens (including phenoxy) is 4. The molecule has 1 heterocycles. The number of hydrazine groups is 1. The zero-order valence-corrected chi connectivity index (χ0v) is 45.7. The molecule has 0 bridgehead atoms. The minimum absolute atomic E-state index is 0.177. The molecule has 1 aliphatic heterocycles. The summed E-state index contributed by atoms with van der Waals surface area (Å²) in [6, 6.07) is 0. The molecule has 8 N–H and O–H groups in total. The largest absolute Gasteiger partial charge is 0.463 e. The highest BCUT2D eigenvalue weighted by atomic mass is 16.7. The van der Waals surface area contributed by atoms with E-state index in [0.29, 0.717) is 17.1 Å². The van der Waals surface area contributed by atoms with Gasteiger partial charge in [0.05, 0.1) is 17.1 Å². The van der Waals surface area contributed by atoms with Crippen LogP contribution < -0.4 is 27.2 Å². The molecule has 0 amide bonds. The number of carbonyl (C=O) groups excluding carboxylic acids is 3. The van der Waals surface area contributed by atoms with Gasteiger partial charge in [-0.3, -0.25) is 25.1 Å². The van der Waals surface area contributed by atoms with Crippen molar-refractivity contribution in [1.29, 1.82) is 11.1 Å². The molecule has 1 fully saturated rings. The van der Waals surface area contributed by atoms with Gasteiger partial charge in [0.25, 0.3) is 0 Å². The van der Waals surface area contributed by atoms with Crippen molar-refractivity contribution in [2.45, 2.75) is 213 Å². The van der Waals surface area contributed by atoms with Crippen molar-refractivity contribution in [3.8, 4) is 0 Å². The summed E-state index contributed by atoms with van der Waals surface area (Å²) < 4.78 is 22.2. The number of hydrogen-bond donors (Lipinski definition) is 7. The molecule has 0 radical (unpaired) electrons. The first-order chi connectivity index (χ1) is 35.6. The number of rotatable bonds is 47. The van der Waals surface area contributed by atoms with Crippen LogP contribution in [0.3, 0.4) is 0 Å². The number of allylic oxidation sites excluding steroid dienone is 8. The van der Waals surface area contributed by atoms with E-state index < -0.39 is 42.4 Å². The Balaban J connectivity index is 2.88. The number of carbonyl (C=O) groups is 3. The van der Waals surface area contributed by atoms with Crippen LogP contribution in [0.15, 0.2) is 94.5 Å². The molecule has 2 unspecified atom stereocenters. The van der Waals surface area contributed by atoms with Crippen molar-refractivity contribution < 1.29 is 33.3 Å². The topological polar surface area (TPSA) is 238 Å². The van der Waals surface area contributed by atoms with Gasteiger partial charge in [0, 0.05) is 72.1 Å². The molecule has 0 aromatic rings. The third-order valence-corrected chi connectivity index (χ3v) is 12.0. The Kier molecular flexibility index (Phi) is 42.1. The van der Waals surface area contributed by atoms with Gasteiger partial charge in [0.1, 0.15) is 12.7 Å². The first kappa shape index (κ1) is 65.9. The Labute approximate surface area is 440 Å². The first-order valence-electron chi connectivity index (χ1n) is 27.5. The van der Waals surface area contributed by atoms with Gasteiger partial charge in [0.15, 0.2) is 18.4 Å². The number of esters is 3. The van der Waals surface area contributed by atoms with E-state index in [0.717, 1.165) is 64.5 Å². The van der Waals surface area contributed by atoms with Gasteiger partial charge in [-0.1, -0.05) is 140 Å². The average molecular weight is 1020 g/mol. The smallest absolute Gasteiger partial charge is 0.303 e. The van der Waals surface area contributed by atoms with E-state index in [9.17, 15) is 14.4 Å². The van der Waals surface area contributed by atoms with Crippen molar-refractivity contribution in [3.63, 3.8) is 0 Å². The molecule has 1 saturated heterocycles. The molecule has 0 spiro atoms. The van der Waals surface area contributed by atoms with E-state index >= 15 is 0 Å². The van der Waals surface area contributed by atoms with Crippen LogP contribution in [0.25, 0.3) is 0 Å². The molecule has 17 heteroatoms. The number of unbranched alkanes of at least 4 members (excludes halogenated alkanes) is 18. The Hall–Kier alpha value is -5.13. The third-order valence-electron chi connectivity index (χ3n) is 12.0. The third kappa shape index (κ3) is 37.3. The number of nitrogens with zero attached hydrogens (tertiary/aromatic N) is 3. The second-order valence-electron chi connectivity index (χ2n) is 18.7. The van der Waals surface area contributed by atoms with Crippen LogP contribution in [-0.4, -0.2) is 86.7 Å². The molecule has 0 saturated carbocycles. The highest BCUT2D eigenvalue weighted by Gasteiger charge is 2.49. The zero-order chi connectivity index (χ0) is 53.4. The van der Waals surface area contributed by atoms with E-state index in [1.54, 1.807) is 18.6 Å². The molecule has 1 aliphatic rings. The molecular formula is C56H98N10O7. The Morgan fingerprint density at radius 1 is 0.562 bits per heavy atom. The summed E-state index contributed by atoms with van der Waals surface area (Å²) in [5.41, 5.74) is 20.1. The van der Waals surface area contributed by atoms with Crippen LogP contribution in [0.5, 0.6) is 0 Å². The Morgan fingerprint density at radius 2 is 0.986 bits per heavy atom. The van der Waals surface area contributed by atoms with Crippen molar-refractivity contribution >= 4 is 17.9 Å². The summed E-state index contributed by atoms with van der Waals surface area (Å²) in [6.45, 7) is 10.0. The van der Waals surface area contributed by atoms with Crippen molar-refractivity contribution in [3.05, 3.63) is 84.3 Å². The van der Waals surface area contributed by atoms with E-state index in [1.165, 1.54) is 124 Å². The van der Waals surface area contributed by atoms with E-state index in [2.05, 4.69) is 94.1 Å². The van der Waals surface area contributed by atoms with Crippen LogP contribution in [0, 0.1) is 11.1 Å². The number of nitrogens with two attached hydrogens (primary N) is 1. The maximum atomic E-state index is 12.2. The predicted molar refractivity (Wildman–Crippen MR) is 293 cm³/mol. The molecule has 0 aromatic carbocycles. The molecule has 4 atom stereocenters. The first-order valence-corrected chi connectivity index (χ1v) is 27.5. The van der Waals surface area contributed by atoms with Crippen LogP contribution in [0.4, 0.5) is 0 Å². The highest BCUT2D eigenvalue weighted by Crippen LogP contribution is 2.27. The van der Waals surface area contributed by atoms with E-state index in [4.69, 9.17) is 35.9 Å². The minimum Gasteiger partial charge on any atom is -0.463 e. The molecule has 17 nitrogen and oxygen atoms in total. The normalized spacial score (nSPS) is 17.5. The van der Waals surface area contributed by atoms with Crippen molar-refractivity contribution in [2.75, 3.05) is 39.3 Å². The van der Waals surface area contributed by atoms with E-state index in [1.807, 2.05) is 4.90 Å². The average Bonchev–Trinajstić information content (AvgIpc) is 3.68. The summed E-state index contributed by atoms with van der Waals surface area (Å²) in [5, 5.41) is 17.4. The molecular weight excluding hydrogens is 925 g/mol. The lowest BCUT2D eigenvalue weighted by molar-refractivity contribution is -0.165. The lowest BCUT2D eigenvalue weighted by Gasteiger charge is -2.25. The molecule has 0 aromatic heterocycles. The summed E-state index contributed by atoms with van der Waals surface area (Å²) in [6.07, 6.45) is 47.5. The van der Waals surface area contributed by atoms with Gasteiger partial charge < -0.3 is 40.3 Å². The number of hydrogen-bond acceptors (Lipinski definition) is 17. The number of nitrogens with one attached hydrogen (secondary N) is 6. The maximum Gasteiger partial charge on any atom is 0.303 e. The van der Waals surface area contributed by atoms with E-state index in [-0.39, 0.29) is 26.2 Å². The lowest BCUT2D eigenvalue weighted by Crippen LogP contribution is -2.45. The Morgan fingerprint density at radius 3 is 1.40 bits per heavy atom. The predicted octanol–water partition coefficient (Wildman–Crippen LogP) is 11.9. The summed E-state index contributed by atoms with van der Waals surface area (Å²) in [4.78, 5) is 37.8. The van der Waals surface area contributed by atoms with Crippen molar-refractivity contribution in [2.24, 2.45) is 16.1 Å². The molecule has 73 heavy (non-hydrogen) atoms. The summed E-state index contributed by atoms with van der Waals surface area (Å²) >= 11 is 0. The molecule has 414 valence electrons. The van der Waals surface area contributed by atoms with Crippen molar-refractivity contribution in [1.82, 2.24) is 26.3 Å². The highest BCUT2D eigenvalue weighted by molar-refractivity contribution is 5.68. The zero-order valence-electron chi connectivity index (χ0n) is 45.7. The lowest BCUT2D eigenvalue weighted by atomic mass is 10.1. The monoisotopic (exact) mass is 1020 g/mol. The summed E-state index contributed by atoms with van der Waals surface area (Å²) in [5.74, 6) is 4.23. The van der Waals surface area contributed by atoms with Crippen LogP contribution in [-0.2, 0) is 33.3 Å². The maximum absolute atomic E-state index is 12.2. The fraction of sp³-hybridized carbons (Fsp3) is 0.696.